The molecule has 1 aliphatic carbocycles. The minimum atomic E-state index is -0.242. The Labute approximate surface area is 131 Å². The molecule has 1 aliphatic heterocycles. The maximum absolute atomic E-state index is 10.1. The fourth-order valence-electron chi connectivity index (χ4n) is 3.01. The summed E-state index contributed by atoms with van der Waals surface area (Å²) in [5, 5.41) is 17.9. The van der Waals surface area contributed by atoms with Crippen molar-refractivity contribution >= 4 is 11.4 Å². The number of nitrogens with zero attached hydrogens (tertiary/aromatic N) is 1. The van der Waals surface area contributed by atoms with Crippen LogP contribution in [0.2, 0.25) is 0 Å². The molecule has 1 heterocycles. The number of nitrogens with one attached hydrogen (secondary N) is 2. The van der Waals surface area contributed by atoms with E-state index < -0.39 is 0 Å². The molecule has 0 radical (unpaired) electrons. The molecule has 0 saturated heterocycles. The second kappa shape index (κ2) is 6.36. The molecular formula is C18H23N3O. The Bertz CT molecular complexity index is 633. The first-order chi connectivity index (χ1) is 10.6. The first-order valence-corrected chi connectivity index (χ1v) is 7.90. The molecule has 0 spiro atoms. The Morgan fingerprint density at radius 2 is 2.09 bits per heavy atom. The number of aliphatic hydroxyl groups is 1. The summed E-state index contributed by atoms with van der Waals surface area (Å²) >= 11 is 0. The maximum Gasteiger partial charge on any atom is 0.0906 e. The molecule has 1 saturated carbocycles. The van der Waals surface area contributed by atoms with Gasteiger partial charge in [-0.1, -0.05) is 25.5 Å². The second-order valence-electron chi connectivity index (χ2n) is 6.10. The lowest BCUT2D eigenvalue weighted by molar-refractivity contribution is 0.116. The average molecular weight is 297 g/mol. The van der Waals surface area contributed by atoms with Crippen LogP contribution >= 0.6 is 0 Å². The van der Waals surface area contributed by atoms with Crippen LogP contribution in [0.5, 0.6) is 0 Å². The van der Waals surface area contributed by atoms with Crippen LogP contribution in [0.1, 0.15) is 36.8 Å². The van der Waals surface area contributed by atoms with Crippen molar-refractivity contribution in [2.75, 3.05) is 5.32 Å². The number of benzene rings is 1. The maximum atomic E-state index is 10.1. The number of rotatable bonds is 3. The van der Waals surface area contributed by atoms with Gasteiger partial charge in [-0.05, 0) is 49.6 Å². The van der Waals surface area contributed by atoms with Crippen molar-refractivity contribution in [3.63, 3.8) is 0 Å². The predicted molar refractivity (Wildman–Crippen MR) is 91.0 cm³/mol. The first-order valence-electron chi connectivity index (χ1n) is 7.90. The van der Waals surface area contributed by atoms with Crippen molar-refractivity contribution in [1.82, 2.24) is 5.43 Å². The van der Waals surface area contributed by atoms with Crippen LogP contribution in [0.4, 0.5) is 5.69 Å². The molecule has 0 amide bonds. The van der Waals surface area contributed by atoms with Crippen LogP contribution in [-0.4, -0.2) is 23.0 Å². The first kappa shape index (κ1) is 14.9. The molecule has 4 heteroatoms. The van der Waals surface area contributed by atoms with Crippen molar-refractivity contribution in [2.24, 2.45) is 5.10 Å². The summed E-state index contributed by atoms with van der Waals surface area (Å²) in [5.74, 6) is 0. The van der Waals surface area contributed by atoms with Gasteiger partial charge in [-0.15, -0.1) is 0 Å². The fourth-order valence-corrected chi connectivity index (χ4v) is 3.01. The standard InChI is InChI=1S/C18H23N3O/c1-12-11-14(16-9-7-13(2)20-21-16)8-10-15(12)19-17-5-3-4-6-18(17)22/h7-11,17-20,22H,2-6H2,1H3. The van der Waals surface area contributed by atoms with E-state index in [1.165, 1.54) is 6.42 Å². The van der Waals surface area contributed by atoms with Crippen LogP contribution < -0.4 is 10.7 Å². The van der Waals surface area contributed by atoms with Crippen LogP contribution in [0.15, 0.2) is 47.7 Å². The molecule has 0 aromatic heterocycles. The number of hydrogen-bond acceptors (Lipinski definition) is 4. The molecule has 0 bridgehead atoms. The van der Waals surface area contributed by atoms with Gasteiger partial charge in [0.15, 0.2) is 0 Å². The van der Waals surface area contributed by atoms with E-state index in [-0.39, 0.29) is 12.1 Å². The zero-order chi connectivity index (χ0) is 15.5. The largest absolute Gasteiger partial charge is 0.391 e. The molecule has 2 unspecified atom stereocenters. The van der Waals surface area contributed by atoms with Gasteiger partial charge in [-0.25, -0.2) is 0 Å². The Morgan fingerprint density at radius 1 is 1.27 bits per heavy atom. The Hall–Kier alpha value is -2.07. The third-order valence-corrected chi connectivity index (χ3v) is 4.35. The minimum absolute atomic E-state index is 0.162. The van der Waals surface area contributed by atoms with E-state index in [9.17, 15) is 5.11 Å². The van der Waals surface area contributed by atoms with Gasteiger partial charge in [-0.3, -0.25) is 5.43 Å². The smallest absolute Gasteiger partial charge is 0.0906 e. The lowest BCUT2D eigenvalue weighted by Gasteiger charge is -2.30. The molecular weight excluding hydrogens is 274 g/mol. The van der Waals surface area contributed by atoms with Gasteiger partial charge in [0, 0.05) is 16.9 Å². The van der Waals surface area contributed by atoms with Crippen molar-refractivity contribution in [1.29, 1.82) is 0 Å². The van der Waals surface area contributed by atoms with Gasteiger partial charge < -0.3 is 10.4 Å². The zero-order valence-corrected chi connectivity index (χ0v) is 13.0. The van der Waals surface area contributed by atoms with Crippen LogP contribution in [0.3, 0.4) is 0 Å². The molecule has 1 aromatic carbocycles. The number of hydrazone groups is 1. The molecule has 1 aromatic rings. The highest BCUT2D eigenvalue weighted by Gasteiger charge is 2.23. The second-order valence-corrected chi connectivity index (χ2v) is 6.10. The van der Waals surface area contributed by atoms with E-state index in [0.29, 0.717) is 0 Å². The van der Waals surface area contributed by atoms with Crippen molar-refractivity contribution in [2.45, 2.75) is 44.8 Å². The van der Waals surface area contributed by atoms with Crippen molar-refractivity contribution in [3.8, 4) is 0 Å². The molecule has 22 heavy (non-hydrogen) atoms. The zero-order valence-electron chi connectivity index (χ0n) is 13.0. The molecule has 4 nitrogen and oxygen atoms in total. The van der Waals surface area contributed by atoms with Gasteiger partial charge in [0.25, 0.3) is 0 Å². The highest BCUT2D eigenvalue weighted by molar-refractivity contribution is 6.09. The van der Waals surface area contributed by atoms with E-state index >= 15 is 0 Å². The van der Waals surface area contributed by atoms with E-state index in [2.05, 4.69) is 47.5 Å². The topological polar surface area (TPSA) is 56.6 Å². The van der Waals surface area contributed by atoms with Crippen LogP contribution in [-0.2, 0) is 0 Å². The Morgan fingerprint density at radius 3 is 2.77 bits per heavy atom. The molecule has 1 fully saturated rings. The average Bonchev–Trinajstić information content (AvgIpc) is 2.52. The van der Waals surface area contributed by atoms with E-state index in [0.717, 1.165) is 47.5 Å². The highest BCUT2D eigenvalue weighted by Crippen LogP contribution is 2.25. The predicted octanol–water partition coefficient (Wildman–Crippen LogP) is 3.09. The molecule has 2 atom stereocenters. The number of aliphatic hydroxyl groups excluding tert-OH is 1. The molecule has 3 N–H and O–H groups in total. The minimum Gasteiger partial charge on any atom is -0.391 e. The molecule has 2 aliphatic rings. The Balaban J connectivity index is 1.75. The molecule has 116 valence electrons. The number of anilines is 1. The van der Waals surface area contributed by atoms with E-state index in [4.69, 9.17) is 0 Å². The van der Waals surface area contributed by atoms with Crippen molar-refractivity contribution in [3.05, 3.63) is 53.8 Å². The number of hydrogen-bond donors (Lipinski definition) is 3. The van der Waals surface area contributed by atoms with Gasteiger partial charge in [0.2, 0.25) is 0 Å². The van der Waals surface area contributed by atoms with Crippen molar-refractivity contribution < 1.29 is 5.11 Å². The quantitative estimate of drug-likeness (QED) is 0.803. The fraction of sp³-hybridized carbons (Fsp3) is 0.389. The Kier molecular flexibility index (Phi) is 4.29. The summed E-state index contributed by atoms with van der Waals surface area (Å²) in [4.78, 5) is 0. The van der Waals surface area contributed by atoms with Gasteiger partial charge >= 0.3 is 0 Å². The SMILES string of the molecule is C=C1C=CC(c2ccc(NC3CCCCC3O)c(C)c2)=NN1. The van der Waals surface area contributed by atoms with Gasteiger partial charge in [0.05, 0.1) is 17.9 Å². The third-order valence-electron chi connectivity index (χ3n) is 4.35. The summed E-state index contributed by atoms with van der Waals surface area (Å²) in [6.07, 6.45) is 7.88. The lowest BCUT2D eigenvalue weighted by atomic mass is 9.92. The summed E-state index contributed by atoms with van der Waals surface area (Å²) in [6, 6.07) is 6.42. The normalized spacial score (nSPS) is 24.6. The van der Waals surface area contributed by atoms with Crippen LogP contribution in [0, 0.1) is 6.92 Å². The number of aryl methyl sites for hydroxylation is 1. The van der Waals surface area contributed by atoms with Gasteiger partial charge in [-0.2, -0.15) is 5.10 Å². The summed E-state index contributed by atoms with van der Waals surface area (Å²) in [7, 11) is 0. The van der Waals surface area contributed by atoms with E-state index in [1.807, 2.05) is 12.2 Å². The number of allylic oxidation sites excluding steroid dienone is 2. The summed E-state index contributed by atoms with van der Waals surface area (Å²) < 4.78 is 0. The monoisotopic (exact) mass is 297 g/mol. The van der Waals surface area contributed by atoms with Crippen LogP contribution in [0.25, 0.3) is 0 Å². The molecule has 3 rings (SSSR count). The third kappa shape index (κ3) is 3.22. The van der Waals surface area contributed by atoms with E-state index in [1.54, 1.807) is 0 Å². The summed E-state index contributed by atoms with van der Waals surface area (Å²) in [6.45, 7) is 5.89. The highest BCUT2D eigenvalue weighted by atomic mass is 16.3. The lowest BCUT2D eigenvalue weighted by Crippen LogP contribution is -2.36. The summed E-state index contributed by atoms with van der Waals surface area (Å²) in [5.41, 5.74) is 7.92. The van der Waals surface area contributed by atoms with Gasteiger partial charge in [0.1, 0.15) is 0 Å².